The fourth-order valence-electron chi connectivity index (χ4n) is 1.30. The molecule has 0 saturated carbocycles. The van der Waals surface area contributed by atoms with Crippen LogP contribution in [0.25, 0.3) is 0 Å². The molecule has 0 atom stereocenters. The van der Waals surface area contributed by atoms with Crippen molar-refractivity contribution < 1.29 is 0 Å². The number of pyridine rings is 2. The monoisotopic (exact) mass is 195 g/mol. The van der Waals surface area contributed by atoms with Crippen LogP contribution in [0.1, 0.15) is 16.8 Å². The summed E-state index contributed by atoms with van der Waals surface area (Å²) in [6, 6.07) is 9.62. The molecule has 0 amide bonds. The van der Waals surface area contributed by atoms with Crippen LogP contribution in [-0.4, -0.2) is 9.97 Å². The first-order valence-electron chi connectivity index (χ1n) is 4.62. The van der Waals surface area contributed by atoms with Crippen LogP contribution in [0, 0.1) is 11.3 Å². The minimum Gasteiger partial charge on any atom is -0.265 e. The van der Waals surface area contributed by atoms with E-state index in [1.807, 2.05) is 24.3 Å². The van der Waals surface area contributed by atoms with E-state index in [-0.39, 0.29) is 0 Å². The summed E-state index contributed by atoms with van der Waals surface area (Å²) in [5, 5.41) is 8.62. The van der Waals surface area contributed by atoms with Gasteiger partial charge in [0.2, 0.25) is 0 Å². The highest BCUT2D eigenvalue weighted by molar-refractivity contribution is 5.28. The van der Waals surface area contributed by atoms with Crippen LogP contribution in [-0.2, 0) is 6.42 Å². The van der Waals surface area contributed by atoms with Crippen LogP contribution in [0.15, 0.2) is 42.9 Å². The highest BCUT2D eigenvalue weighted by Crippen LogP contribution is 2.06. The normalized spacial score (nSPS) is 9.53. The van der Waals surface area contributed by atoms with Crippen molar-refractivity contribution in [1.82, 2.24) is 9.97 Å². The smallest absolute Gasteiger partial charge is 0.101 e. The van der Waals surface area contributed by atoms with Gasteiger partial charge in [0.25, 0.3) is 0 Å². The van der Waals surface area contributed by atoms with Gasteiger partial charge in [-0.05, 0) is 29.8 Å². The molecule has 0 unspecified atom stereocenters. The van der Waals surface area contributed by atoms with Gasteiger partial charge < -0.3 is 0 Å². The number of hydrogen-bond donors (Lipinski definition) is 0. The Labute approximate surface area is 88.1 Å². The van der Waals surface area contributed by atoms with Gasteiger partial charge in [-0.3, -0.25) is 9.97 Å². The average molecular weight is 195 g/mol. The molecule has 3 nitrogen and oxygen atoms in total. The fourth-order valence-corrected chi connectivity index (χ4v) is 1.30. The number of nitriles is 1. The maximum atomic E-state index is 8.62. The summed E-state index contributed by atoms with van der Waals surface area (Å²) in [6.45, 7) is 0. The maximum absolute atomic E-state index is 8.62. The molecule has 15 heavy (non-hydrogen) atoms. The molecule has 2 rings (SSSR count). The first-order valence-corrected chi connectivity index (χ1v) is 4.62. The number of hydrogen-bond acceptors (Lipinski definition) is 3. The first kappa shape index (κ1) is 9.35. The lowest BCUT2D eigenvalue weighted by atomic mass is 10.1. The van der Waals surface area contributed by atoms with Crippen molar-refractivity contribution in [2.24, 2.45) is 0 Å². The zero-order valence-electron chi connectivity index (χ0n) is 8.09. The van der Waals surface area contributed by atoms with Crippen molar-refractivity contribution in [2.45, 2.75) is 6.42 Å². The topological polar surface area (TPSA) is 49.6 Å². The van der Waals surface area contributed by atoms with E-state index in [2.05, 4.69) is 9.97 Å². The molecule has 72 valence electrons. The minimum absolute atomic E-state index is 0.591. The van der Waals surface area contributed by atoms with Crippen molar-refractivity contribution in [3.05, 3.63) is 59.7 Å². The molecule has 2 heterocycles. The summed E-state index contributed by atoms with van der Waals surface area (Å²) < 4.78 is 0. The lowest BCUT2D eigenvalue weighted by molar-refractivity contribution is 1.06. The Balaban J connectivity index is 2.16. The zero-order chi connectivity index (χ0) is 10.5. The Hall–Kier alpha value is -2.21. The minimum atomic E-state index is 0.591. The summed E-state index contributed by atoms with van der Waals surface area (Å²) in [4.78, 5) is 8.15. The third kappa shape index (κ3) is 2.38. The largest absolute Gasteiger partial charge is 0.265 e. The maximum Gasteiger partial charge on any atom is 0.101 e. The Morgan fingerprint density at radius 2 is 1.93 bits per heavy atom. The molecule has 0 aliphatic carbocycles. The van der Waals surface area contributed by atoms with E-state index in [4.69, 9.17) is 5.26 Å². The summed E-state index contributed by atoms with van der Waals surface area (Å²) >= 11 is 0. The van der Waals surface area contributed by atoms with Crippen molar-refractivity contribution in [3.8, 4) is 6.07 Å². The summed E-state index contributed by atoms with van der Waals surface area (Å²) in [7, 11) is 0. The Bertz CT molecular complexity index is 468. The second-order valence-corrected chi connectivity index (χ2v) is 3.18. The molecule has 0 saturated heterocycles. The van der Waals surface area contributed by atoms with Gasteiger partial charge in [0, 0.05) is 30.7 Å². The number of nitrogens with zero attached hydrogens (tertiary/aromatic N) is 3. The molecule has 0 bridgehead atoms. The van der Waals surface area contributed by atoms with Crippen molar-refractivity contribution in [2.75, 3.05) is 0 Å². The third-order valence-electron chi connectivity index (χ3n) is 2.09. The highest BCUT2D eigenvalue weighted by atomic mass is 14.7. The standard InChI is InChI=1S/C12H9N3/c13-8-11-1-2-12(15-9-11)7-10-3-5-14-6-4-10/h1-6,9H,7H2. The second-order valence-electron chi connectivity index (χ2n) is 3.18. The van der Waals surface area contributed by atoms with Gasteiger partial charge in [0.15, 0.2) is 0 Å². The molecule has 0 N–H and O–H groups in total. The van der Waals surface area contributed by atoms with Crippen molar-refractivity contribution in [3.63, 3.8) is 0 Å². The molecular formula is C12H9N3. The van der Waals surface area contributed by atoms with Gasteiger partial charge >= 0.3 is 0 Å². The van der Waals surface area contributed by atoms with Gasteiger partial charge in [0.1, 0.15) is 6.07 Å². The van der Waals surface area contributed by atoms with E-state index < -0.39 is 0 Å². The van der Waals surface area contributed by atoms with Gasteiger partial charge in [-0.2, -0.15) is 5.26 Å². The Morgan fingerprint density at radius 1 is 1.13 bits per heavy atom. The SMILES string of the molecule is N#Cc1ccc(Cc2ccncc2)nc1. The lowest BCUT2D eigenvalue weighted by Crippen LogP contribution is -1.92. The molecule has 3 heteroatoms. The van der Waals surface area contributed by atoms with Crippen LogP contribution in [0.3, 0.4) is 0 Å². The molecule has 2 aromatic heterocycles. The van der Waals surface area contributed by atoms with E-state index in [0.29, 0.717) is 5.56 Å². The second kappa shape index (κ2) is 4.34. The predicted molar refractivity (Wildman–Crippen MR) is 56.0 cm³/mol. The van der Waals surface area contributed by atoms with E-state index in [1.165, 1.54) is 5.56 Å². The molecule has 2 aromatic rings. The molecule has 0 aliphatic heterocycles. The molecular weight excluding hydrogens is 186 g/mol. The molecule has 0 aliphatic rings. The summed E-state index contributed by atoms with van der Waals surface area (Å²) in [5.74, 6) is 0. The van der Waals surface area contributed by atoms with Crippen LogP contribution in [0.2, 0.25) is 0 Å². The van der Waals surface area contributed by atoms with Gasteiger partial charge in [-0.1, -0.05) is 0 Å². The lowest BCUT2D eigenvalue weighted by Gasteiger charge is -1.99. The third-order valence-corrected chi connectivity index (χ3v) is 2.09. The van der Waals surface area contributed by atoms with Crippen molar-refractivity contribution in [1.29, 1.82) is 5.26 Å². The van der Waals surface area contributed by atoms with E-state index in [1.54, 1.807) is 24.7 Å². The number of rotatable bonds is 2. The quantitative estimate of drug-likeness (QED) is 0.735. The average Bonchev–Trinajstić information content (AvgIpc) is 2.31. The highest BCUT2D eigenvalue weighted by Gasteiger charge is 1.97. The first-order chi connectivity index (χ1) is 7.38. The molecule has 0 radical (unpaired) electrons. The van der Waals surface area contributed by atoms with Crippen LogP contribution in [0.4, 0.5) is 0 Å². The zero-order valence-corrected chi connectivity index (χ0v) is 8.09. The van der Waals surface area contributed by atoms with E-state index >= 15 is 0 Å². The van der Waals surface area contributed by atoms with Crippen LogP contribution < -0.4 is 0 Å². The summed E-state index contributed by atoms with van der Waals surface area (Å²) in [5.41, 5.74) is 2.72. The molecule has 0 aromatic carbocycles. The Kier molecular flexibility index (Phi) is 2.70. The molecule has 0 spiro atoms. The number of aromatic nitrogens is 2. The van der Waals surface area contributed by atoms with Crippen LogP contribution >= 0.6 is 0 Å². The molecule has 0 fully saturated rings. The van der Waals surface area contributed by atoms with Crippen molar-refractivity contribution >= 4 is 0 Å². The van der Waals surface area contributed by atoms with Gasteiger partial charge in [0.05, 0.1) is 5.56 Å². The fraction of sp³-hybridized carbons (Fsp3) is 0.0833. The van der Waals surface area contributed by atoms with Gasteiger partial charge in [-0.25, -0.2) is 0 Å². The van der Waals surface area contributed by atoms with Crippen LogP contribution in [0.5, 0.6) is 0 Å². The van der Waals surface area contributed by atoms with E-state index in [9.17, 15) is 0 Å². The summed E-state index contributed by atoms with van der Waals surface area (Å²) in [6.07, 6.45) is 5.89. The van der Waals surface area contributed by atoms with Gasteiger partial charge in [-0.15, -0.1) is 0 Å². The Morgan fingerprint density at radius 3 is 2.53 bits per heavy atom. The predicted octanol–water partition coefficient (Wildman–Crippen LogP) is 1.94. The van der Waals surface area contributed by atoms with E-state index in [0.717, 1.165) is 12.1 Å².